The third-order valence-corrected chi connectivity index (χ3v) is 5.87. The molecule has 2 atom stereocenters. The fourth-order valence-electron chi connectivity index (χ4n) is 3.02. The first-order valence-electron chi connectivity index (χ1n) is 6.83. The van der Waals surface area contributed by atoms with Gasteiger partial charge in [-0.25, -0.2) is 8.42 Å². The molecule has 1 saturated heterocycles. The van der Waals surface area contributed by atoms with E-state index in [0.717, 1.165) is 45.3 Å². The van der Waals surface area contributed by atoms with Gasteiger partial charge < -0.3 is 5.32 Å². The summed E-state index contributed by atoms with van der Waals surface area (Å²) in [7, 11) is -2.98. The number of fused-ring (bicyclic) bond motifs is 2. The van der Waals surface area contributed by atoms with Gasteiger partial charge in [-0.15, -0.1) is 0 Å². The maximum Gasteiger partial charge on any atom is 0.214 e. The number of rotatable bonds is 7. The van der Waals surface area contributed by atoms with Gasteiger partial charge in [0.1, 0.15) is 0 Å². The van der Waals surface area contributed by atoms with Crippen LogP contribution in [-0.2, 0) is 10.0 Å². The van der Waals surface area contributed by atoms with Crippen LogP contribution >= 0.6 is 0 Å². The first-order valence-corrected chi connectivity index (χ1v) is 8.44. The van der Waals surface area contributed by atoms with Crippen LogP contribution < -0.4 is 5.32 Å². The topological polar surface area (TPSA) is 49.4 Å². The standard InChI is InChI=1S/C12H24N2O2S/c1-2-6-13-7-3-8-17(15,16)14-10-11-4-5-12(14)9-11/h11-13H,2-10H2,1H3. The smallest absolute Gasteiger partial charge is 0.214 e. The summed E-state index contributed by atoms with van der Waals surface area (Å²) in [6.45, 7) is 4.70. The SMILES string of the molecule is CCCNCCCS(=O)(=O)N1CC2CCC1C2. The number of piperidine rings is 1. The molecule has 0 aromatic rings. The third kappa shape index (κ3) is 3.20. The van der Waals surface area contributed by atoms with Crippen molar-refractivity contribution in [2.45, 2.75) is 45.1 Å². The summed E-state index contributed by atoms with van der Waals surface area (Å²) in [5.41, 5.74) is 0. The van der Waals surface area contributed by atoms with Crippen molar-refractivity contribution in [1.82, 2.24) is 9.62 Å². The van der Waals surface area contributed by atoms with Gasteiger partial charge in [0, 0.05) is 12.6 Å². The number of hydrogen-bond donors (Lipinski definition) is 1. The molecule has 0 amide bonds. The van der Waals surface area contributed by atoms with E-state index in [9.17, 15) is 8.42 Å². The molecule has 17 heavy (non-hydrogen) atoms. The lowest BCUT2D eigenvalue weighted by Gasteiger charge is -2.26. The molecule has 2 bridgehead atoms. The molecule has 1 saturated carbocycles. The molecule has 1 aliphatic heterocycles. The summed E-state index contributed by atoms with van der Waals surface area (Å²) in [6.07, 6.45) is 5.25. The zero-order valence-electron chi connectivity index (χ0n) is 10.7. The Kier molecular flexibility index (Phi) is 4.44. The number of sulfonamides is 1. The summed E-state index contributed by atoms with van der Waals surface area (Å²) in [5, 5.41) is 3.25. The number of nitrogens with one attached hydrogen (secondary N) is 1. The molecule has 5 heteroatoms. The number of hydrogen-bond acceptors (Lipinski definition) is 3. The fraction of sp³-hybridized carbons (Fsp3) is 1.00. The monoisotopic (exact) mass is 260 g/mol. The van der Waals surface area contributed by atoms with Crippen LogP contribution in [0.25, 0.3) is 0 Å². The molecule has 2 fully saturated rings. The lowest BCUT2D eigenvalue weighted by Crippen LogP contribution is -2.39. The molecule has 100 valence electrons. The van der Waals surface area contributed by atoms with Crippen LogP contribution in [0.2, 0.25) is 0 Å². The molecular weight excluding hydrogens is 236 g/mol. The van der Waals surface area contributed by atoms with Crippen LogP contribution in [0.3, 0.4) is 0 Å². The average molecular weight is 260 g/mol. The van der Waals surface area contributed by atoms with Gasteiger partial charge in [-0.05, 0) is 51.1 Å². The Morgan fingerprint density at radius 2 is 2.12 bits per heavy atom. The second-order valence-electron chi connectivity index (χ2n) is 5.32. The van der Waals surface area contributed by atoms with Crippen molar-refractivity contribution in [3.63, 3.8) is 0 Å². The highest BCUT2D eigenvalue weighted by Gasteiger charge is 2.43. The minimum atomic E-state index is -2.98. The predicted molar refractivity (Wildman–Crippen MR) is 69.4 cm³/mol. The number of nitrogens with zero attached hydrogens (tertiary/aromatic N) is 1. The predicted octanol–water partition coefficient (Wildman–Crippen LogP) is 1.19. The molecule has 0 aromatic heterocycles. The van der Waals surface area contributed by atoms with E-state index in [-0.39, 0.29) is 0 Å². The molecule has 2 rings (SSSR count). The third-order valence-electron chi connectivity index (χ3n) is 3.90. The van der Waals surface area contributed by atoms with Gasteiger partial charge in [0.2, 0.25) is 10.0 Å². The Hall–Kier alpha value is -0.130. The van der Waals surface area contributed by atoms with Gasteiger partial charge in [-0.1, -0.05) is 6.92 Å². The summed E-state index contributed by atoms with van der Waals surface area (Å²) < 4.78 is 26.1. The van der Waals surface area contributed by atoms with Crippen molar-refractivity contribution in [3.05, 3.63) is 0 Å². The maximum absolute atomic E-state index is 12.2. The summed E-state index contributed by atoms with van der Waals surface area (Å²) in [4.78, 5) is 0. The van der Waals surface area contributed by atoms with Crippen molar-refractivity contribution in [2.75, 3.05) is 25.4 Å². The molecule has 1 N–H and O–H groups in total. The highest BCUT2D eigenvalue weighted by atomic mass is 32.2. The first kappa shape index (κ1) is 13.3. The Balaban J connectivity index is 1.75. The minimum Gasteiger partial charge on any atom is -0.317 e. The largest absolute Gasteiger partial charge is 0.317 e. The minimum absolute atomic E-state index is 0.312. The fourth-order valence-corrected chi connectivity index (χ4v) is 4.85. The summed E-state index contributed by atoms with van der Waals surface area (Å²) in [5.74, 6) is 0.959. The highest BCUT2D eigenvalue weighted by molar-refractivity contribution is 7.89. The maximum atomic E-state index is 12.2. The molecule has 0 spiro atoms. The van der Waals surface area contributed by atoms with Gasteiger partial charge >= 0.3 is 0 Å². The molecule has 1 aliphatic carbocycles. The molecule has 2 aliphatic rings. The van der Waals surface area contributed by atoms with E-state index in [0.29, 0.717) is 17.7 Å². The second kappa shape index (κ2) is 5.67. The van der Waals surface area contributed by atoms with Crippen LogP contribution in [0.4, 0.5) is 0 Å². The molecule has 0 radical (unpaired) electrons. The van der Waals surface area contributed by atoms with E-state index < -0.39 is 10.0 Å². The zero-order valence-corrected chi connectivity index (χ0v) is 11.5. The van der Waals surface area contributed by atoms with E-state index in [1.807, 2.05) is 0 Å². The van der Waals surface area contributed by atoms with Crippen molar-refractivity contribution in [1.29, 1.82) is 0 Å². The van der Waals surface area contributed by atoms with E-state index in [4.69, 9.17) is 0 Å². The summed E-state index contributed by atoms with van der Waals surface area (Å²) in [6, 6.07) is 0.327. The summed E-state index contributed by atoms with van der Waals surface area (Å²) >= 11 is 0. The van der Waals surface area contributed by atoms with Gasteiger partial charge in [0.15, 0.2) is 0 Å². The van der Waals surface area contributed by atoms with E-state index in [1.54, 1.807) is 4.31 Å². The molecule has 1 heterocycles. The van der Waals surface area contributed by atoms with Crippen molar-refractivity contribution in [3.8, 4) is 0 Å². The van der Waals surface area contributed by atoms with E-state index in [1.165, 1.54) is 6.42 Å². The quantitative estimate of drug-likeness (QED) is 0.700. The van der Waals surface area contributed by atoms with Crippen LogP contribution in [0.15, 0.2) is 0 Å². The Bertz CT molecular complexity index is 342. The molecule has 2 unspecified atom stereocenters. The van der Waals surface area contributed by atoms with Gasteiger partial charge in [-0.2, -0.15) is 4.31 Å². The zero-order chi connectivity index (χ0) is 12.3. The van der Waals surface area contributed by atoms with Crippen molar-refractivity contribution in [2.24, 2.45) is 5.92 Å². The molecule has 0 aromatic carbocycles. The lowest BCUT2D eigenvalue weighted by atomic mass is 10.1. The first-order chi connectivity index (χ1) is 8.13. The normalized spacial score (nSPS) is 29.0. The van der Waals surface area contributed by atoms with E-state index >= 15 is 0 Å². The molecule has 4 nitrogen and oxygen atoms in total. The van der Waals surface area contributed by atoms with Gasteiger partial charge in [-0.3, -0.25) is 0 Å². The highest BCUT2D eigenvalue weighted by Crippen LogP contribution is 2.39. The second-order valence-corrected chi connectivity index (χ2v) is 7.36. The van der Waals surface area contributed by atoms with Crippen LogP contribution in [0, 0.1) is 5.92 Å². The van der Waals surface area contributed by atoms with Crippen molar-refractivity contribution < 1.29 is 8.42 Å². The van der Waals surface area contributed by atoms with Crippen LogP contribution in [0.5, 0.6) is 0 Å². The molecular formula is C12H24N2O2S. The van der Waals surface area contributed by atoms with E-state index in [2.05, 4.69) is 12.2 Å². The van der Waals surface area contributed by atoms with Gasteiger partial charge in [0.05, 0.1) is 5.75 Å². The van der Waals surface area contributed by atoms with Crippen molar-refractivity contribution >= 4 is 10.0 Å². The van der Waals surface area contributed by atoms with Crippen LogP contribution in [0.1, 0.15) is 39.0 Å². The Morgan fingerprint density at radius 1 is 1.29 bits per heavy atom. The Labute approximate surface area is 105 Å². The van der Waals surface area contributed by atoms with Crippen LogP contribution in [-0.4, -0.2) is 44.2 Å². The Morgan fingerprint density at radius 3 is 2.71 bits per heavy atom. The van der Waals surface area contributed by atoms with Gasteiger partial charge in [0.25, 0.3) is 0 Å². The lowest BCUT2D eigenvalue weighted by molar-refractivity contribution is 0.333. The average Bonchev–Trinajstić information content (AvgIpc) is 2.90.